The molecule has 5 rings (SSSR count). The van der Waals surface area contributed by atoms with E-state index < -0.39 is 0 Å². The summed E-state index contributed by atoms with van der Waals surface area (Å²) < 4.78 is 7.95. The second-order valence-electron chi connectivity index (χ2n) is 7.12. The highest BCUT2D eigenvalue weighted by atomic mass is 35.5. The van der Waals surface area contributed by atoms with E-state index in [0.29, 0.717) is 17.6 Å². The molecule has 4 heterocycles. The maximum absolute atomic E-state index is 6.10. The Balaban J connectivity index is 1.37. The van der Waals surface area contributed by atoms with Crippen molar-refractivity contribution < 1.29 is 4.74 Å². The molecule has 158 valence electrons. The van der Waals surface area contributed by atoms with Gasteiger partial charge < -0.3 is 9.64 Å². The summed E-state index contributed by atoms with van der Waals surface area (Å²) in [5.41, 5.74) is 0.933. The van der Waals surface area contributed by atoms with Crippen molar-refractivity contribution in [3.05, 3.63) is 66.0 Å². The predicted octanol–water partition coefficient (Wildman–Crippen LogP) is 2.40. The number of piperidine rings is 1. The molecular weight excluding hydrogens is 418 g/mol. The lowest BCUT2D eigenvalue weighted by molar-refractivity contribution is 0.156. The Bertz CT molecular complexity index is 1110. The van der Waals surface area contributed by atoms with Gasteiger partial charge in [-0.05, 0) is 30.3 Å². The predicted molar refractivity (Wildman–Crippen MR) is 113 cm³/mol. The summed E-state index contributed by atoms with van der Waals surface area (Å²) in [5, 5.41) is 18.0. The summed E-state index contributed by atoms with van der Waals surface area (Å²) in [6.45, 7) is 1.97. The van der Waals surface area contributed by atoms with Crippen LogP contribution in [-0.4, -0.2) is 58.9 Å². The zero-order valence-electron chi connectivity index (χ0n) is 16.6. The van der Waals surface area contributed by atoms with Crippen LogP contribution < -0.4 is 9.64 Å². The molecule has 0 atom stereocenters. The van der Waals surface area contributed by atoms with Crippen molar-refractivity contribution in [2.75, 3.05) is 18.0 Å². The van der Waals surface area contributed by atoms with Crippen molar-refractivity contribution >= 4 is 17.5 Å². The zero-order chi connectivity index (χ0) is 21.0. The lowest BCUT2D eigenvalue weighted by Crippen LogP contribution is -2.39. The summed E-state index contributed by atoms with van der Waals surface area (Å²) in [5.74, 6) is 1.52. The fraction of sp³-hybridized carbons (Fsp3) is 0.300. The highest BCUT2D eigenvalue weighted by molar-refractivity contribution is 6.30. The molecule has 0 spiro atoms. The van der Waals surface area contributed by atoms with Crippen LogP contribution in [0.2, 0.25) is 5.02 Å². The van der Waals surface area contributed by atoms with E-state index in [1.54, 1.807) is 35.7 Å². The van der Waals surface area contributed by atoms with Crippen LogP contribution >= 0.6 is 11.6 Å². The van der Waals surface area contributed by atoms with Gasteiger partial charge in [-0.2, -0.15) is 15.0 Å². The van der Waals surface area contributed by atoms with Crippen molar-refractivity contribution in [3.63, 3.8) is 0 Å². The number of anilines is 1. The van der Waals surface area contributed by atoms with E-state index in [2.05, 4.69) is 35.3 Å². The summed E-state index contributed by atoms with van der Waals surface area (Å²) >= 11 is 6.10. The average Bonchev–Trinajstić information content (AvgIpc) is 3.46. The smallest absolute Gasteiger partial charge is 0.316 e. The highest BCUT2D eigenvalue weighted by Gasteiger charge is 2.26. The largest absolute Gasteiger partial charge is 0.460 e. The van der Waals surface area contributed by atoms with E-state index in [9.17, 15) is 0 Å². The number of hydrogen-bond acceptors (Lipinski definition) is 8. The van der Waals surface area contributed by atoms with E-state index in [0.717, 1.165) is 43.4 Å². The van der Waals surface area contributed by atoms with Gasteiger partial charge in [-0.15, -0.1) is 10.2 Å². The molecule has 0 N–H and O–H groups in total. The van der Waals surface area contributed by atoms with Gasteiger partial charge in [-0.1, -0.05) is 11.6 Å². The molecule has 1 aromatic carbocycles. The van der Waals surface area contributed by atoms with Crippen molar-refractivity contribution in [3.8, 4) is 11.7 Å². The Morgan fingerprint density at radius 1 is 0.935 bits per heavy atom. The summed E-state index contributed by atoms with van der Waals surface area (Å²) in [4.78, 5) is 12.1. The molecule has 0 saturated carbocycles. The van der Waals surface area contributed by atoms with Gasteiger partial charge in [0.2, 0.25) is 5.95 Å². The van der Waals surface area contributed by atoms with Gasteiger partial charge in [0.05, 0.1) is 18.1 Å². The first kappa shape index (κ1) is 19.4. The molecule has 4 aromatic rings. The first-order valence-corrected chi connectivity index (χ1v) is 10.4. The average molecular weight is 438 g/mol. The monoisotopic (exact) mass is 437 g/mol. The minimum atomic E-state index is 0.0679. The molecule has 3 aromatic heterocycles. The number of hydrogen-bond donors (Lipinski definition) is 0. The second kappa shape index (κ2) is 8.68. The third-order valence-electron chi connectivity index (χ3n) is 5.09. The first-order chi connectivity index (χ1) is 15.3. The van der Waals surface area contributed by atoms with E-state index in [1.165, 1.54) is 0 Å². The lowest BCUT2D eigenvalue weighted by atomic mass is 10.1. The van der Waals surface area contributed by atoms with Crippen LogP contribution in [0.5, 0.6) is 6.01 Å². The number of halogens is 1. The lowest BCUT2D eigenvalue weighted by Gasteiger charge is -2.32. The molecule has 1 aliphatic heterocycles. The van der Waals surface area contributed by atoms with Gasteiger partial charge >= 0.3 is 6.01 Å². The summed E-state index contributed by atoms with van der Waals surface area (Å²) in [6, 6.07) is 9.82. The van der Waals surface area contributed by atoms with Gasteiger partial charge in [-0.3, -0.25) is 4.57 Å². The first-order valence-electron chi connectivity index (χ1n) is 9.99. The normalized spacial score (nSPS) is 14.7. The quantitative estimate of drug-likeness (QED) is 0.453. The van der Waals surface area contributed by atoms with Crippen molar-refractivity contribution in [1.82, 2.24) is 39.7 Å². The molecule has 0 radical (unpaired) electrons. The third kappa shape index (κ3) is 4.33. The molecular formula is C20H20ClN9O. The topological polar surface area (TPSA) is 99.7 Å². The molecule has 1 fully saturated rings. The molecule has 0 amide bonds. The Morgan fingerprint density at radius 2 is 1.65 bits per heavy atom. The van der Waals surface area contributed by atoms with Crippen LogP contribution in [-0.2, 0) is 6.54 Å². The van der Waals surface area contributed by atoms with E-state index in [4.69, 9.17) is 16.3 Å². The highest BCUT2D eigenvalue weighted by Crippen LogP contribution is 2.25. The van der Waals surface area contributed by atoms with Gasteiger partial charge in [0.1, 0.15) is 12.6 Å². The minimum absolute atomic E-state index is 0.0679. The Kier molecular flexibility index (Phi) is 5.44. The molecule has 0 aliphatic carbocycles. The van der Waals surface area contributed by atoms with Crippen LogP contribution in [0, 0.1) is 0 Å². The fourth-order valence-corrected chi connectivity index (χ4v) is 3.72. The molecule has 1 aliphatic rings. The Labute approximate surface area is 183 Å². The maximum Gasteiger partial charge on any atom is 0.316 e. The van der Waals surface area contributed by atoms with Crippen LogP contribution in [0.1, 0.15) is 18.7 Å². The molecule has 31 heavy (non-hydrogen) atoms. The van der Waals surface area contributed by atoms with Crippen molar-refractivity contribution in [2.45, 2.75) is 25.5 Å². The number of rotatable bonds is 6. The van der Waals surface area contributed by atoms with Gasteiger partial charge in [-0.25, -0.2) is 9.97 Å². The van der Waals surface area contributed by atoms with Crippen molar-refractivity contribution in [2.24, 2.45) is 0 Å². The second-order valence-corrected chi connectivity index (χ2v) is 7.56. The number of benzene rings is 1. The zero-order valence-corrected chi connectivity index (χ0v) is 17.4. The fourth-order valence-electron chi connectivity index (χ4n) is 3.59. The van der Waals surface area contributed by atoms with E-state index >= 15 is 0 Å². The molecule has 0 bridgehead atoms. The number of nitrogens with zero attached hydrogens (tertiary/aromatic N) is 9. The van der Waals surface area contributed by atoms with Gasteiger partial charge in [0.15, 0.2) is 5.82 Å². The Hall–Kier alpha value is -3.53. The number of aromatic nitrogens is 8. The maximum atomic E-state index is 6.10. The van der Waals surface area contributed by atoms with Crippen LogP contribution in [0.25, 0.3) is 5.69 Å². The summed E-state index contributed by atoms with van der Waals surface area (Å²) in [7, 11) is 0. The van der Waals surface area contributed by atoms with Crippen LogP contribution in [0.4, 0.5) is 5.95 Å². The van der Waals surface area contributed by atoms with Gasteiger partial charge in [0.25, 0.3) is 0 Å². The van der Waals surface area contributed by atoms with E-state index in [-0.39, 0.29) is 6.10 Å². The van der Waals surface area contributed by atoms with Gasteiger partial charge in [0, 0.05) is 43.3 Å². The molecule has 10 nitrogen and oxygen atoms in total. The molecule has 11 heteroatoms. The van der Waals surface area contributed by atoms with Crippen LogP contribution in [0.3, 0.4) is 0 Å². The number of ether oxygens (including phenoxy) is 1. The SMILES string of the molecule is Clc1ccc(-n2c(Cn3nccn3)nnc2N2CCC(Oc3ncccn3)CC2)cc1. The Morgan fingerprint density at radius 3 is 2.35 bits per heavy atom. The molecule has 0 unspecified atom stereocenters. The standard InChI is InChI=1S/C20H20ClN9O/c21-15-2-4-16(5-3-15)30-18(14-29-24-10-11-25-29)26-27-20(30)28-12-6-17(7-13-28)31-19-22-8-1-9-23-19/h1-5,8-11,17H,6-7,12-14H2. The van der Waals surface area contributed by atoms with Crippen molar-refractivity contribution in [1.29, 1.82) is 0 Å². The molecule has 1 saturated heterocycles. The minimum Gasteiger partial charge on any atom is -0.460 e. The summed E-state index contributed by atoms with van der Waals surface area (Å²) in [6.07, 6.45) is 8.39. The third-order valence-corrected chi connectivity index (χ3v) is 5.34. The van der Waals surface area contributed by atoms with E-state index in [1.807, 2.05) is 28.8 Å². The van der Waals surface area contributed by atoms with Crippen LogP contribution in [0.15, 0.2) is 55.1 Å².